The molecule has 1 amide bonds. The van der Waals surface area contributed by atoms with E-state index in [-0.39, 0.29) is 11.9 Å². The van der Waals surface area contributed by atoms with E-state index in [1.807, 2.05) is 42.2 Å². The fraction of sp³-hybridized carbons (Fsp3) is 0.500. The number of pyridine rings is 1. The number of aromatic nitrogens is 3. The summed E-state index contributed by atoms with van der Waals surface area (Å²) in [6, 6.07) is 10.4. The highest BCUT2D eigenvalue weighted by atomic mass is 16.1. The minimum atomic E-state index is -0.196. The van der Waals surface area contributed by atoms with Gasteiger partial charge in [-0.25, -0.2) is 4.98 Å². The first-order valence-corrected chi connectivity index (χ1v) is 14.1. The number of benzene rings is 1. The van der Waals surface area contributed by atoms with E-state index in [1.165, 1.54) is 25.7 Å². The van der Waals surface area contributed by atoms with E-state index in [0.717, 1.165) is 73.9 Å². The van der Waals surface area contributed by atoms with Crippen molar-refractivity contribution in [3.05, 3.63) is 66.0 Å². The molecule has 2 aromatic heterocycles. The maximum atomic E-state index is 13.4. The molecule has 38 heavy (non-hydrogen) atoms. The fourth-order valence-corrected chi connectivity index (χ4v) is 5.78. The van der Waals surface area contributed by atoms with Crippen LogP contribution in [0.5, 0.6) is 0 Å². The van der Waals surface area contributed by atoms with Gasteiger partial charge in [0.05, 0.1) is 12.0 Å². The molecule has 2 fully saturated rings. The SMILES string of the molecule is CCC1CCCCN(c2ccnc(C(=O)Nc3cc(CN4CCCC(N)C4)cc(-n4cnc(C)c4)c3)c2)C1. The van der Waals surface area contributed by atoms with Crippen LogP contribution in [0.25, 0.3) is 5.69 Å². The standard InChI is InChI=1S/C30H41N7O/c1-3-23-7-4-5-12-36(19-23)27-9-10-32-29(16-27)30(38)34-26-13-24(18-35-11-6-8-25(31)20-35)14-28(15-26)37-17-22(2)33-21-37/h9-10,13-17,21,23,25H,3-8,11-12,18-20,31H2,1-2H3,(H,34,38). The zero-order valence-electron chi connectivity index (χ0n) is 22.8. The molecule has 202 valence electrons. The Labute approximate surface area is 226 Å². The minimum absolute atomic E-state index is 0.196. The van der Waals surface area contributed by atoms with Gasteiger partial charge in [0.2, 0.25) is 0 Å². The number of anilines is 2. The summed E-state index contributed by atoms with van der Waals surface area (Å²) in [6.07, 6.45) is 12.7. The first kappa shape index (κ1) is 26.4. The predicted molar refractivity (Wildman–Crippen MR) is 153 cm³/mol. The quantitative estimate of drug-likeness (QED) is 0.471. The number of amides is 1. The Kier molecular flexibility index (Phi) is 8.39. The van der Waals surface area contributed by atoms with Crippen LogP contribution in [0.3, 0.4) is 0 Å². The molecule has 4 heterocycles. The maximum Gasteiger partial charge on any atom is 0.274 e. The molecule has 2 aliphatic heterocycles. The zero-order chi connectivity index (χ0) is 26.5. The predicted octanol–water partition coefficient (Wildman–Crippen LogP) is 4.77. The number of carbonyl (C=O) groups is 1. The van der Waals surface area contributed by atoms with Crippen molar-refractivity contribution in [2.75, 3.05) is 36.4 Å². The summed E-state index contributed by atoms with van der Waals surface area (Å²) in [5.41, 5.74) is 11.6. The van der Waals surface area contributed by atoms with Crippen molar-refractivity contribution in [1.82, 2.24) is 19.4 Å². The van der Waals surface area contributed by atoms with E-state index >= 15 is 0 Å². The van der Waals surface area contributed by atoms with Crippen molar-refractivity contribution >= 4 is 17.3 Å². The average Bonchev–Trinajstić information content (AvgIpc) is 3.20. The smallest absolute Gasteiger partial charge is 0.274 e. The van der Waals surface area contributed by atoms with Crippen molar-refractivity contribution in [2.45, 2.75) is 65.0 Å². The largest absolute Gasteiger partial charge is 0.371 e. The molecule has 2 unspecified atom stereocenters. The van der Waals surface area contributed by atoms with Gasteiger partial charge in [-0.3, -0.25) is 14.7 Å². The lowest BCUT2D eigenvalue weighted by Crippen LogP contribution is -2.42. The van der Waals surface area contributed by atoms with Crippen LogP contribution in [-0.4, -0.2) is 57.6 Å². The summed E-state index contributed by atoms with van der Waals surface area (Å²) in [5.74, 6) is 0.504. The molecule has 3 N–H and O–H groups in total. The lowest BCUT2D eigenvalue weighted by molar-refractivity contribution is 0.102. The first-order valence-electron chi connectivity index (χ1n) is 14.1. The minimum Gasteiger partial charge on any atom is -0.371 e. The Balaban J connectivity index is 1.37. The lowest BCUT2D eigenvalue weighted by Gasteiger charge is -2.30. The van der Waals surface area contributed by atoms with Crippen molar-refractivity contribution in [3.63, 3.8) is 0 Å². The number of nitrogens with two attached hydrogens (primary N) is 1. The van der Waals surface area contributed by atoms with E-state index in [0.29, 0.717) is 11.6 Å². The molecule has 0 radical (unpaired) electrons. The summed E-state index contributed by atoms with van der Waals surface area (Å²) in [5, 5.41) is 3.13. The molecule has 2 saturated heterocycles. The summed E-state index contributed by atoms with van der Waals surface area (Å²) in [4.78, 5) is 27.0. The van der Waals surface area contributed by atoms with Gasteiger partial charge in [0.25, 0.3) is 5.91 Å². The third-order valence-corrected chi connectivity index (χ3v) is 7.88. The van der Waals surface area contributed by atoms with Gasteiger partial charge in [0, 0.05) is 61.7 Å². The number of aryl methyl sites for hydroxylation is 1. The molecular weight excluding hydrogens is 474 g/mol. The van der Waals surface area contributed by atoms with Crippen molar-refractivity contribution < 1.29 is 4.79 Å². The maximum absolute atomic E-state index is 13.4. The fourth-order valence-electron chi connectivity index (χ4n) is 5.78. The number of carbonyl (C=O) groups excluding carboxylic acids is 1. The topological polar surface area (TPSA) is 92.3 Å². The average molecular weight is 516 g/mol. The molecule has 0 bridgehead atoms. The van der Waals surface area contributed by atoms with Crippen LogP contribution < -0.4 is 16.0 Å². The Morgan fingerprint density at radius 1 is 1.05 bits per heavy atom. The second-order valence-electron chi connectivity index (χ2n) is 11.0. The van der Waals surface area contributed by atoms with Crippen LogP contribution >= 0.6 is 0 Å². The molecule has 2 aliphatic rings. The number of nitrogens with one attached hydrogen (secondary N) is 1. The van der Waals surface area contributed by atoms with Crippen molar-refractivity contribution in [2.24, 2.45) is 11.7 Å². The molecule has 8 nitrogen and oxygen atoms in total. The van der Waals surface area contributed by atoms with Gasteiger partial charge in [-0.05, 0) is 81.0 Å². The molecule has 0 saturated carbocycles. The Morgan fingerprint density at radius 3 is 2.74 bits per heavy atom. The van der Waals surface area contributed by atoms with Gasteiger partial charge in [-0.1, -0.05) is 19.8 Å². The molecule has 3 aromatic rings. The number of imidazole rings is 1. The number of nitrogens with zero attached hydrogens (tertiary/aromatic N) is 5. The molecule has 5 rings (SSSR count). The van der Waals surface area contributed by atoms with E-state index in [1.54, 1.807) is 6.20 Å². The second kappa shape index (κ2) is 12.1. The third-order valence-electron chi connectivity index (χ3n) is 7.88. The van der Waals surface area contributed by atoms with Crippen LogP contribution in [0.2, 0.25) is 0 Å². The molecular formula is C30H41N7O. The summed E-state index contributed by atoms with van der Waals surface area (Å²) >= 11 is 0. The highest BCUT2D eigenvalue weighted by Crippen LogP contribution is 2.26. The van der Waals surface area contributed by atoms with Gasteiger partial charge in [0.15, 0.2) is 0 Å². The number of likely N-dealkylation sites (tertiary alicyclic amines) is 1. The zero-order valence-corrected chi connectivity index (χ0v) is 22.8. The van der Waals surface area contributed by atoms with Crippen LogP contribution in [0, 0.1) is 12.8 Å². The second-order valence-corrected chi connectivity index (χ2v) is 11.0. The van der Waals surface area contributed by atoms with Crippen LogP contribution in [0.15, 0.2) is 49.1 Å². The normalized spacial score (nSPS) is 20.8. The summed E-state index contributed by atoms with van der Waals surface area (Å²) in [6.45, 7) is 9.03. The van der Waals surface area contributed by atoms with Gasteiger partial charge in [-0.2, -0.15) is 0 Å². The highest BCUT2D eigenvalue weighted by molar-refractivity contribution is 6.03. The van der Waals surface area contributed by atoms with Crippen LogP contribution in [0.1, 0.15) is 67.2 Å². The number of rotatable bonds is 7. The Hall–Kier alpha value is -3.23. The van der Waals surface area contributed by atoms with Crippen molar-refractivity contribution in [3.8, 4) is 5.69 Å². The van der Waals surface area contributed by atoms with E-state index in [4.69, 9.17) is 5.73 Å². The van der Waals surface area contributed by atoms with Gasteiger partial charge in [-0.15, -0.1) is 0 Å². The highest BCUT2D eigenvalue weighted by Gasteiger charge is 2.20. The molecule has 8 heteroatoms. The Morgan fingerprint density at radius 2 is 1.95 bits per heavy atom. The molecule has 1 aromatic carbocycles. The number of hydrogen-bond donors (Lipinski definition) is 2. The summed E-state index contributed by atoms with van der Waals surface area (Å²) < 4.78 is 2.00. The molecule has 0 aliphatic carbocycles. The third kappa shape index (κ3) is 6.60. The Bertz CT molecular complexity index is 1240. The van der Waals surface area contributed by atoms with E-state index in [9.17, 15) is 4.79 Å². The summed E-state index contributed by atoms with van der Waals surface area (Å²) in [7, 11) is 0. The monoisotopic (exact) mass is 515 g/mol. The number of hydrogen-bond acceptors (Lipinski definition) is 6. The van der Waals surface area contributed by atoms with E-state index < -0.39 is 0 Å². The van der Waals surface area contributed by atoms with E-state index in [2.05, 4.69) is 44.1 Å². The lowest BCUT2D eigenvalue weighted by atomic mass is 10.0. The van der Waals surface area contributed by atoms with Gasteiger partial charge >= 0.3 is 0 Å². The number of piperidine rings is 1. The molecule has 2 atom stereocenters. The van der Waals surface area contributed by atoms with Gasteiger partial charge < -0.3 is 20.5 Å². The first-order chi connectivity index (χ1) is 18.5. The van der Waals surface area contributed by atoms with Crippen LogP contribution in [-0.2, 0) is 6.54 Å². The van der Waals surface area contributed by atoms with Gasteiger partial charge in [0.1, 0.15) is 5.69 Å². The van der Waals surface area contributed by atoms with Crippen LogP contribution in [0.4, 0.5) is 11.4 Å². The molecule has 0 spiro atoms. The van der Waals surface area contributed by atoms with Crippen molar-refractivity contribution in [1.29, 1.82) is 0 Å².